The van der Waals surface area contributed by atoms with E-state index in [-0.39, 0.29) is 10.8 Å². The number of anilines is 1. The highest BCUT2D eigenvalue weighted by molar-refractivity contribution is 5.93. The monoisotopic (exact) mass is 433 g/mol. The minimum Gasteiger partial charge on any atom is -0.398 e. The van der Waals surface area contributed by atoms with Gasteiger partial charge in [-0.15, -0.1) is 0 Å². The van der Waals surface area contributed by atoms with Crippen molar-refractivity contribution in [2.24, 2.45) is 0 Å². The van der Waals surface area contributed by atoms with E-state index in [4.69, 9.17) is 5.73 Å². The molecule has 0 bridgehead atoms. The highest BCUT2D eigenvalue weighted by Gasteiger charge is 2.17. The van der Waals surface area contributed by atoms with Crippen LogP contribution in [-0.4, -0.2) is 0 Å². The van der Waals surface area contributed by atoms with E-state index in [0.29, 0.717) is 0 Å². The average molecular weight is 434 g/mol. The van der Waals surface area contributed by atoms with Crippen LogP contribution in [0.3, 0.4) is 0 Å². The summed E-state index contributed by atoms with van der Waals surface area (Å²) < 4.78 is 0. The average Bonchev–Trinajstić information content (AvgIpc) is 2.79. The Kier molecular flexibility index (Phi) is 5.93. The quantitative estimate of drug-likeness (QED) is 0.321. The second kappa shape index (κ2) is 8.56. The number of hydrogen-bond donors (Lipinski definition) is 1. The van der Waals surface area contributed by atoms with Gasteiger partial charge in [0, 0.05) is 16.8 Å². The molecule has 4 aromatic rings. The van der Waals surface area contributed by atoms with E-state index in [9.17, 15) is 0 Å². The first-order valence-corrected chi connectivity index (χ1v) is 11.7. The van der Waals surface area contributed by atoms with Gasteiger partial charge in [0.15, 0.2) is 0 Å². The smallest absolute Gasteiger partial charge is 0.0473 e. The van der Waals surface area contributed by atoms with Gasteiger partial charge in [0.2, 0.25) is 0 Å². The third-order valence-corrected chi connectivity index (χ3v) is 6.41. The molecular weight excluding hydrogens is 398 g/mol. The lowest BCUT2D eigenvalue weighted by Gasteiger charge is -2.21. The van der Waals surface area contributed by atoms with Crippen LogP contribution >= 0.6 is 0 Å². The largest absolute Gasteiger partial charge is 0.398 e. The summed E-state index contributed by atoms with van der Waals surface area (Å²) in [7, 11) is 0. The SMILES string of the molecule is CC(C)(C)c1ccc(-c2cc(-c3ccccc3)cc(-c3ccc(C(C)(C)C)cc3)c2N)cc1. The van der Waals surface area contributed by atoms with E-state index in [0.717, 1.165) is 27.9 Å². The molecular formula is C32H35N. The second-order valence-corrected chi connectivity index (χ2v) is 11.0. The summed E-state index contributed by atoms with van der Waals surface area (Å²) in [6.07, 6.45) is 0. The fraction of sp³-hybridized carbons (Fsp3) is 0.250. The first kappa shape index (κ1) is 22.9. The third-order valence-electron chi connectivity index (χ3n) is 6.41. The molecule has 1 nitrogen and oxygen atoms in total. The minimum atomic E-state index is 0.121. The van der Waals surface area contributed by atoms with Crippen molar-refractivity contribution in [3.8, 4) is 33.4 Å². The molecule has 0 heterocycles. The molecule has 0 unspecified atom stereocenters. The van der Waals surface area contributed by atoms with Crippen molar-refractivity contribution in [3.05, 3.63) is 102 Å². The summed E-state index contributed by atoms with van der Waals surface area (Å²) in [5.74, 6) is 0. The number of benzene rings is 4. The van der Waals surface area contributed by atoms with Gasteiger partial charge >= 0.3 is 0 Å². The zero-order valence-electron chi connectivity index (χ0n) is 20.7. The van der Waals surface area contributed by atoms with Crippen molar-refractivity contribution >= 4 is 5.69 Å². The molecule has 4 aromatic carbocycles. The van der Waals surface area contributed by atoms with Gasteiger partial charge in [-0.05, 0) is 56.3 Å². The topological polar surface area (TPSA) is 26.0 Å². The molecule has 0 aliphatic heterocycles. The lowest BCUT2D eigenvalue weighted by Crippen LogP contribution is -2.10. The molecule has 0 atom stereocenters. The van der Waals surface area contributed by atoms with Gasteiger partial charge in [0.25, 0.3) is 0 Å². The molecule has 2 N–H and O–H groups in total. The van der Waals surface area contributed by atoms with Crippen LogP contribution in [0.15, 0.2) is 91.0 Å². The van der Waals surface area contributed by atoms with E-state index in [1.54, 1.807) is 0 Å². The van der Waals surface area contributed by atoms with Crippen LogP contribution < -0.4 is 5.73 Å². The van der Waals surface area contributed by atoms with Crippen molar-refractivity contribution in [3.63, 3.8) is 0 Å². The van der Waals surface area contributed by atoms with Crippen molar-refractivity contribution in [1.82, 2.24) is 0 Å². The molecule has 0 saturated carbocycles. The van der Waals surface area contributed by atoms with Crippen molar-refractivity contribution in [1.29, 1.82) is 0 Å². The van der Waals surface area contributed by atoms with Crippen LogP contribution in [0.4, 0.5) is 5.69 Å². The molecule has 0 aliphatic rings. The van der Waals surface area contributed by atoms with Crippen LogP contribution in [-0.2, 0) is 10.8 Å². The number of nitrogen functional groups attached to an aromatic ring is 1. The Morgan fingerprint density at radius 3 is 1.21 bits per heavy atom. The lowest BCUT2D eigenvalue weighted by atomic mass is 9.84. The fourth-order valence-electron chi connectivity index (χ4n) is 4.23. The molecule has 0 fully saturated rings. The molecule has 0 amide bonds. The van der Waals surface area contributed by atoms with Gasteiger partial charge in [-0.1, -0.05) is 120 Å². The van der Waals surface area contributed by atoms with Crippen LogP contribution in [0, 0.1) is 0 Å². The second-order valence-electron chi connectivity index (χ2n) is 11.0. The number of nitrogens with two attached hydrogens (primary N) is 1. The van der Waals surface area contributed by atoms with Crippen LogP contribution in [0.2, 0.25) is 0 Å². The zero-order chi connectivity index (χ0) is 23.8. The maximum absolute atomic E-state index is 6.84. The first-order chi connectivity index (χ1) is 15.5. The summed E-state index contributed by atoms with van der Waals surface area (Å²) in [5, 5.41) is 0. The Bertz CT molecular complexity index is 1150. The molecule has 0 radical (unpaired) electrons. The van der Waals surface area contributed by atoms with Crippen LogP contribution in [0.25, 0.3) is 33.4 Å². The van der Waals surface area contributed by atoms with Crippen molar-refractivity contribution < 1.29 is 0 Å². The molecule has 4 rings (SSSR count). The van der Waals surface area contributed by atoms with Gasteiger partial charge in [-0.2, -0.15) is 0 Å². The predicted molar refractivity (Wildman–Crippen MR) is 145 cm³/mol. The maximum Gasteiger partial charge on any atom is 0.0473 e. The van der Waals surface area contributed by atoms with Gasteiger partial charge in [-0.25, -0.2) is 0 Å². The number of rotatable bonds is 3. The summed E-state index contributed by atoms with van der Waals surface area (Å²) in [4.78, 5) is 0. The van der Waals surface area contributed by atoms with Crippen LogP contribution in [0.1, 0.15) is 52.7 Å². The standard InChI is InChI=1S/C32H35N/c1-31(2,3)26-16-12-23(13-17-26)28-20-25(22-10-8-7-9-11-22)21-29(30(28)33)24-14-18-27(19-15-24)32(4,5)6/h7-21H,33H2,1-6H3. The summed E-state index contributed by atoms with van der Waals surface area (Å²) in [6, 6.07) is 32.7. The maximum atomic E-state index is 6.84. The normalized spacial score (nSPS) is 12.1. The van der Waals surface area contributed by atoms with E-state index in [1.807, 2.05) is 0 Å². The van der Waals surface area contributed by atoms with Gasteiger partial charge in [0.1, 0.15) is 0 Å². The molecule has 33 heavy (non-hydrogen) atoms. The highest BCUT2D eigenvalue weighted by atomic mass is 14.6. The molecule has 0 spiro atoms. The summed E-state index contributed by atoms with van der Waals surface area (Å²) in [5.41, 5.74) is 17.4. The minimum absolute atomic E-state index is 0.121. The zero-order valence-corrected chi connectivity index (χ0v) is 20.7. The Morgan fingerprint density at radius 2 is 0.848 bits per heavy atom. The van der Waals surface area contributed by atoms with Crippen molar-refractivity contribution in [2.45, 2.75) is 52.4 Å². The molecule has 0 aliphatic carbocycles. The highest BCUT2D eigenvalue weighted by Crippen LogP contribution is 2.40. The van der Waals surface area contributed by atoms with Gasteiger partial charge < -0.3 is 5.73 Å². The molecule has 168 valence electrons. The van der Waals surface area contributed by atoms with Gasteiger partial charge in [0.05, 0.1) is 0 Å². The third kappa shape index (κ3) is 4.88. The van der Waals surface area contributed by atoms with E-state index >= 15 is 0 Å². The summed E-state index contributed by atoms with van der Waals surface area (Å²) >= 11 is 0. The Labute approximate surface area is 199 Å². The lowest BCUT2D eigenvalue weighted by molar-refractivity contribution is 0.590. The molecule has 0 aromatic heterocycles. The van der Waals surface area contributed by atoms with E-state index in [1.165, 1.54) is 22.3 Å². The Balaban J connectivity index is 1.88. The predicted octanol–water partition coefficient (Wildman–Crippen LogP) is 8.86. The Morgan fingerprint density at radius 1 is 0.455 bits per heavy atom. The first-order valence-electron chi connectivity index (χ1n) is 11.7. The fourth-order valence-corrected chi connectivity index (χ4v) is 4.23. The number of hydrogen-bond acceptors (Lipinski definition) is 1. The molecule has 0 saturated heterocycles. The van der Waals surface area contributed by atoms with Crippen molar-refractivity contribution in [2.75, 3.05) is 5.73 Å². The summed E-state index contributed by atoms with van der Waals surface area (Å²) in [6.45, 7) is 13.5. The van der Waals surface area contributed by atoms with Crippen LogP contribution in [0.5, 0.6) is 0 Å². The van der Waals surface area contributed by atoms with E-state index < -0.39 is 0 Å². The Hall–Kier alpha value is -3.32. The van der Waals surface area contributed by atoms with Gasteiger partial charge in [-0.3, -0.25) is 0 Å². The van der Waals surface area contributed by atoms with E-state index in [2.05, 4.69) is 133 Å². The molecule has 1 heteroatoms.